The normalized spacial score (nSPS) is 12.8. The predicted octanol–water partition coefficient (Wildman–Crippen LogP) is 13.7. The van der Waals surface area contributed by atoms with Crippen LogP contribution in [0.1, 0.15) is 47.2 Å². The molecule has 0 saturated heterocycles. The molecular formula is C49H42N2. The van der Waals surface area contributed by atoms with Gasteiger partial charge in [-0.3, -0.25) is 0 Å². The molecular weight excluding hydrogens is 617 g/mol. The highest BCUT2D eigenvalue weighted by Gasteiger charge is 2.36. The van der Waals surface area contributed by atoms with Crippen molar-refractivity contribution in [2.45, 2.75) is 33.1 Å². The zero-order valence-corrected chi connectivity index (χ0v) is 29.7. The summed E-state index contributed by atoms with van der Waals surface area (Å²) in [4.78, 5) is 4.68. The molecule has 8 rings (SSSR count). The van der Waals surface area contributed by atoms with Crippen molar-refractivity contribution in [1.29, 1.82) is 0 Å². The third kappa shape index (κ3) is 6.26. The number of para-hydroxylation sites is 3. The van der Waals surface area contributed by atoms with E-state index >= 15 is 0 Å². The second-order valence-electron chi connectivity index (χ2n) is 14.1. The lowest BCUT2D eigenvalue weighted by atomic mass is 9.81. The summed E-state index contributed by atoms with van der Waals surface area (Å²) < 4.78 is 0. The Bertz CT molecular complexity index is 2280. The van der Waals surface area contributed by atoms with Crippen LogP contribution in [0.5, 0.6) is 0 Å². The number of anilines is 6. The minimum Gasteiger partial charge on any atom is -0.311 e. The molecule has 248 valence electrons. The van der Waals surface area contributed by atoms with Gasteiger partial charge in [0.05, 0.1) is 0 Å². The summed E-state index contributed by atoms with van der Waals surface area (Å²) in [5.74, 6) is 0. The van der Waals surface area contributed by atoms with Crippen molar-refractivity contribution in [2.24, 2.45) is 0 Å². The molecule has 0 bridgehead atoms. The number of rotatable bonds is 8. The summed E-state index contributed by atoms with van der Waals surface area (Å²) in [6.45, 7) is 9.08. The Hall–Kier alpha value is -6.12. The van der Waals surface area contributed by atoms with Crippen molar-refractivity contribution in [3.8, 4) is 11.1 Å². The van der Waals surface area contributed by atoms with E-state index in [9.17, 15) is 0 Å². The summed E-state index contributed by atoms with van der Waals surface area (Å²) in [7, 11) is 0. The highest BCUT2D eigenvalue weighted by Crippen LogP contribution is 2.51. The Morgan fingerprint density at radius 1 is 0.373 bits per heavy atom. The summed E-state index contributed by atoms with van der Waals surface area (Å²) >= 11 is 0. The van der Waals surface area contributed by atoms with Crippen LogP contribution in [0.4, 0.5) is 34.1 Å². The monoisotopic (exact) mass is 658 g/mol. The summed E-state index contributed by atoms with van der Waals surface area (Å²) in [6.07, 6.45) is 4.46. The first-order chi connectivity index (χ1) is 24.8. The molecule has 0 unspecified atom stereocenters. The maximum atomic E-state index is 2.41. The standard InChI is InChI=1S/C49H42N2/c1-35-30-36(2)32-44(31-35)51(41-18-12-7-13-19-41)43-27-29-46-45-28-24-38(33-47(45)49(3,4)48(46)34-43)21-20-37-22-25-42(26-23-37)50(39-14-8-5-9-15-39)40-16-10-6-11-17-40/h5-34H,1-4H3. The highest BCUT2D eigenvalue weighted by atomic mass is 15.1. The lowest BCUT2D eigenvalue weighted by molar-refractivity contribution is 0.660. The van der Waals surface area contributed by atoms with E-state index in [-0.39, 0.29) is 5.41 Å². The van der Waals surface area contributed by atoms with E-state index in [0.717, 1.165) is 22.7 Å². The van der Waals surface area contributed by atoms with Crippen LogP contribution in [-0.2, 0) is 5.41 Å². The fourth-order valence-corrected chi connectivity index (χ4v) is 7.62. The van der Waals surface area contributed by atoms with Crippen LogP contribution < -0.4 is 9.80 Å². The fourth-order valence-electron chi connectivity index (χ4n) is 7.62. The molecule has 0 amide bonds. The lowest BCUT2D eigenvalue weighted by Gasteiger charge is -2.28. The van der Waals surface area contributed by atoms with Crippen LogP contribution in [0.25, 0.3) is 23.3 Å². The number of hydrogen-bond acceptors (Lipinski definition) is 2. The van der Waals surface area contributed by atoms with Gasteiger partial charge in [-0.05, 0) is 131 Å². The molecule has 1 aliphatic rings. The van der Waals surface area contributed by atoms with E-state index in [1.807, 2.05) is 0 Å². The minimum atomic E-state index is -0.143. The van der Waals surface area contributed by atoms with Crippen LogP contribution >= 0.6 is 0 Å². The van der Waals surface area contributed by atoms with Gasteiger partial charge in [0.25, 0.3) is 0 Å². The molecule has 0 aromatic heterocycles. The minimum absolute atomic E-state index is 0.143. The summed E-state index contributed by atoms with van der Waals surface area (Å²) in [5, 5.41) is 0. The Morgan fingerprint density at radius 3 is 1.33 bits per heavy atom. The molecule has 0 radical (unpaired) electrons. The van der Waals surface area contributed by atoms with Crippen molar-refractivity contribution in [2.75, 3.05) is 9.80 Å². The second kappa shape index (κ2) is 13.3. The third-order valence-electron chi connectivity index (χ3n) is 10.1. The zero-order valence-electron chi connectivity index (χ0n) is 29.7. The van der Waals surface area contributed by atoms with Crippen LogP contribution in [-0.4, -0.2) is 0 Å². The Kier molecular flexibility index (Phi) is 8.37. The molecule has 0 heterocycles. The van der Waals surface area contributed by atoms with E-state index in [1.165, 1.54) is 55.9 Å². The molecule has 0 aliphatic heterocycles. The van der Waals surface area contributed by atoms with Gasteiger partial charge in [0.2, 0.25) is 0 Å². The van der Waals surface area contributed by atoms with Gasteiger partial charge in [-0.15, -0.1) is 0 Å². The van der Waals surface area contributed by atoms with E-state index in [1.54, 1.807) is 0 Å². The molecule has 2 nitrogen and oxygen atoms in total. The van der Waals surface area contributed by atoms with Gasteiger partial charge in [-0.1, -0.05) is 123 Å². The molecule has 0 atom stereocenters. The number of nitrogens with zero attached hydrogens (tertiary/aromatic N) is 2. The van der Waals surface area contributed by atoms with Gasteiger partial charge < -0.3 is 9.80 Å². The molecule has 1 aliphatic carbocycles. The Balaban J connectivity index is 1.08. The molecule has 2 heteroatoms. The molecule has 7 aromatic rings. The van der Waals surface area contributed by atoms with Gasteiger partial charge in [0, 0.05) is 39.5 Å². The molecule has 0 spiro atoms. The SMILES string of the molecule is Cc1cc(C)cc(N(c2ccccc2)c2ccc3c(c2)C(C)(C)c2cc(C=Cc4ccc(N(c5ccccc5)c5ccccc5)cc4)ccc2-3)c1. The second-order valence-corrected chi connectivity index (χ2v) is 14.1. The van der Waals surface area contributed by atoms with Crippen molar-refractivity contribution >= 4 is 46.3 Å². The van der Waals surface area contributed by atoms with Gasteiger partial charge in [0.1, 0.15) is 0 Å². The molecule has 0 fully saturated rings. The van der Waals surface area contributed by atoms with E-state index in [0.29, 0.717) is 0 Å². The van der Waals surface area contributed by atoms with Crippen LogP contribution in [0, 0.1) is 13.8 Å². The van der Waals surface area contributed by atoms with Gasteiger partial charge in [-0.2, -0.15) is 0 Å². The smallest absolute Gasteiger partial charge is 0.0466 e. The lowest BCUT2D eigenvalue weighted by Crippen LogP contribution is -2.16. The quantitative estimate of drug-likeness (QED) is 0.150. The topological polar surface area (TPSA) is 6.48 Å². The number of aryl methyl sites for hydroxylation is 2. The van der Waals surface area contributed by atoms with Crippen LogP contribution in [0.2, 0.25) is 0 Å². The maximum absolute atomic E-state index is 2.41. The van der Waals surface area contributed by atoms with E-state index in [4.69, 9.17) is 0 Å². The zero-order chi connectivity index (χ0) is 35.0. The first-order valence-corrected chi connectivity index (χ1v) is 17.8. The summed E-state index contributed by atoms with van der Waals surface area (Å²) in [5.41, 5.74) is 17.0. The van der Waals surface area contributed by atoms with Gasteiger partial charge >= 0.3 is 0 Å². The van der Waals surface area contributed by atoms with E-state index in [2.05, 4.69) is 220 Å². The van der Waals surface area contributed by atoms with Crippen molar-refractivity contribution < 1.29 is 0 Å². The number of fused-ring (bicyclic) bond motifs is 3. The molecule has 0 saturated carbocycles. The number of benzene rings is 7. The predicted molar refractivity (Wildman–Crippen MR) is 218 cm³/mol. The Labute approximate surface area is 302 Å². The largest absolute Gasteiger partial charge is 0.311 e. The van der Waals surface area contributed by atoms with Crippen molar-refractivity contribution in [1.82, 2.24) is 0 Å². The van der Waals surface area contributed by atoms with Gasteiger partial charge in [0.15, 0.2) is 0 Å². The first kappa shape index (κ1) is 32.1. The van der Waals surface area contributed by atoms with E-state index < -0.39 is 0 Å². The average molecular weight is 659 g/mol. The maximum Gasteiger partial charge on any atom is 0.0466 e. The highest BCUT2D eigenvalue weighted by molar-refractivity contribution is 5.87. The van der Waals surface area contributed by atoms with Crippen LogP contribution in [0.3, 0.4) is 0 Å². The molecule has 51 heavy (non-hydrogen) atoms. The van der Waals surface area contributed by atoms with Crippen LogP contribution in [0.15, 0.2) is 170 Å². The number of hydrogen-bond donors (Lipinski definition) is 0. The third-order valence-corrected chi connectivity index (χ3v) is 10.1. The first-order valence-electron chi connectivity index (χ1n) is 17.8. The average Bonchev–Trinajstić information content (AvgIpc) is 3.37. The Morgan fingerprint density at radius 2 is 0.784 bits per heavy atom. The summed E-state index contributed by atoms with van der Waals surface area (Å²) in [6, 6.07) is 61.3. The molecule has 0 N–H and O–H groups in total. The van der Waals surface area contributed by atoms with Gasteiger partial charge in [-0.25, -0.2) is 0 Å². The van der Waals surface area contributed by atoms with Crippen molar-refractivity contribution in [3.05, 3.63) is 203 Å². The van der Waals surface area contributed by atoms with Crippen molar-refractivity contribution in [3.63, 3.8) is 0 Å². The molecule has 7 aromatic carbocycles. The fraction of sp³-hybridized carbons (Fsp3) is 0.102.